The van der Waals surface area contributed by atoms with Crippen LogP contribution in [0.15, 0.2) is 30.7 Å². The zero-order chi connectivity index (χ0) is 21.9. The molecular formula is C21H28N4O2. The highest BCUT2D eigenvalue weighted by Crippen LogP contribution is 2.18. The molecule has 2 N–H and O–H groups in total. The Hall–Kier alpha value is -2.76. The smallest absolute Gasteiger partial charge is 0.253 e. The molecule has 0 saturated carbocycles. The van der Waals surface area contributed by atoms with Crippen LogP contribution >= 0.6 is 0 Å². The number of aromatic nitrogens is 2. The number of nitrogens with zero attached hydrogens (tertiary/aromatic N) is 2. The molecule has 0 aromatic carbocycles. The second-order valence-corrected chi connectivity index (χ2v) is 7.04. The molecule has 2 heterocycles. The summed E-state index contributed by atoms with van der Waals surface area (Å²) in [5, 5.41) is 5.84. The van der Waals surface area contributed by atoms with E-state index in [1.54, 1.807) is 33.0 Å². The van der Waals surface area contributed by atoms with E-state index >= 15 is 0 Å². The topological polar surface area (TPSA) is 84.0 Å². The van der Waals surface area contributed by atoms with Gasteiger partial charge in [-0.2, -0.15) is 0 Å². The van der Waals surface area contributed by atoms with Gasteiger partial charge in [-0.25, -0.2) is 0 Å². The van der Waals surface area contributed by atoms with Gasteiger partial charge in [0.1, 0.15) is 0 Å². The van der Waals surface area contributed by atoms with Crippen molar-refractivity contribution in [3.63, 3.8) is 0 Å². The van der Waals surface area contributed by atoms with Crippen molar-refractivity contribution >= 4 is 11.8 Å². The third kappa shape index (κ3) is 4.70. The van der Waals surface area contributed by atoms with E-state index in [2.05, 4.69) is 20.6 Å². The van der Waals surface area contributed by atoms with Crippen molar-refractivity contribution < 1.29 is 12.3 Å². The fourth-order valence-electron chi connectivity index (χ4n) is 2.60. The first-order valence-corrected chi connectivity index (χ1v) is 9.00. The highest BCUT2D eigenvalue weighted by atomic mass is 16.2. The third-order valence-corrected chi connectivity index (χ3v) is 5.14. The van der Waals surface area contributed by atoms with Crippen LogP contribution in [0, 0.1) is 20.8 Å². The van der Waals surface area contributed by atoms with E-state index in [0.29, 0.717) is 23.2 Å². The molecule has 0 radical (unpaired) electrons. The summed E-state index contributed by atoms with van der Waals surface area (Å²) in [5.74, 6) is -0.814. The Labute approximate surface area is 163 Å². The number of pyridine rings is 2. The highest BCUT2D eigenvalue weighted by Gasteiger charge is 2.33. The van der Waals surface area contributed by atoms with Gasteiger partial charge in [-0.15, -0.1) is 0 Å². The normalized spacial score (nSPS) is 15.2. The van der Waals surface area contributed by atoms with Crippen LogP contribution in [0.4, 0.5) is 0 Å². The fraction of sp³-hybridized carbons (Fsp3) is 0.429. The van der Waals surface area contributed by atoms with Crippen LogP contribution in [-0.2, 0) is 0 Å². The number of carbonyl (C=O) groups is 2. The highest BCUT2D eigenvalue weighted by molar-refractivity contribution is 5.96. The molecule has 2 aromatic heterocycles. The second kappa shape index (κ2) is 8.29. The molecule has 2 atom stereocenters. The number of hydrogen-bond acceptors (Lipinski definition) is 4. The van der Waals surface area contributed by atoms with E-state index in [1.807, 2.05) is 20.8 Å². The molecule has 0 aliphatic heterocycles. The first-order valence-electron chi connectivity index (χ1n) is 10.00. The lowest BCUT2D eigenvalue weighted by molar-refractivity contribution is 0.0832. The Morgan fingerprint density at radius 1 is 1.26 bits per heavy atom. The van der Waals surface area contributed by atoms with Crippen LogP contribution in [0.25, 0.3) is 0 Å². The molecule has 2 unspecified atom stereocenters. The molecule has 0 aliphatic carbocycles. The minimum absolute atomic E-state index is 0.000391. The number of rotatable bonds is 6. The molecule has 0 saturated heterocycles. The summed E-state index contributed by atoms with van der Waals surface area (Å²) in [4.78, 5) is 33.6. The maximum Gasteiger partial charge on any atom is 0.253 e. The first-order chi connectivity index (χ1) is 13.5. The molecule has 6 nitrogen and oxygen atoms in total. The Bertz CT molecular complexity index is 949. The van der Waals surface area contributed by atoms with Crippen LogP contribution in [-0.4, -0.2) is 33.4 Å². The molecule has 6 heteroatoms. The third-order valence-electron chi connectivity index (χ3n) is 5.14. The van der Waals surface area contributed by atoms with Crippen molar-refractivity contribution in [1.82, 2.24) is 20.6 Å². The van der Waals surface area contributed by atoms with Crippen molar-refractivity contribution in [2.75, 3.05) is 0 Å². The molecule has 0 bridgehead atoms. The van der Waals surface area contributed by atoms with Gasteiger partial charge in [0.15, 0.2) is 0 Å². The van der Waals surface area contributed by atoms with E-state index < -0.39 is 17.5 Å². The number of nitrogens with one attached hydrogen (secondary N) is 2. The van der Waals surface area contributed by atoms with Gasteiger partial charge in [-0.3, -0.25) is 19.6 Å². The molecule has 0 fully saturated rings. The van der Waals surface area contributed by atoms with Crippen molar-refractivity contribution in [2.24, 2.45) is 0 Å². The van der Waals surface area contributed by atoms with E-state index in [0.717, 1.165) is 5.56 Å². The molecule has 144 valence electrons. The van der Waals surface area contributed by atoms with Crippen molar-refractivity contribution in [2.45, 2.75) is 59.5 Å². The Balaban J connectivity index is 2.24. The Morgan fingerprint density at radius 3 is 2.59 bits per heavy atom. The standard InChI is InChI=1S/C21H28N4O2/c1-7-21(6,25-20(27)18-12-22-9-8-13(18)2)16(5)24-19(26)17-10-14(3)15(4)23-11-17/h8-12,16H,7H2,1-6H3,(H,24,26)(H,25,27)/i10D,11D. The van der Waals surface area contributed by atoms with Gasteiger partial charge in [0.05, 0.1) is 19.4 Å². The average Bonchev–Trinajstić information content (AvgIpc) is 2.66. The minimum atomic E-state index is -0.743. The zero-order valence-electron chi connectivity index (χ0n) is 18.7. The summed E-state index contributed by atoms with van der Waals surface area (Å²) in [5.41, 5.74) is 1.61. The van der Waals surface area contributed by atoms with E-state index in [1.165, 1.54) is 6.20 Å². The summed E-state index contributed by atoms with van der Waals surface area (Å²) >= 11 is 0. The van der Waals surface area contributed by atoms with Crippen molar-refractivity contribution in [1.29, 1.82) is 0 Å². The van der Waals surface area contributed by atoms with E-state index in [-0.39, 0.29) is 23.7 Å². The molecule has 27 heavy (non-hydrogen) atoms. The van der Waals surface area contributed by atoms with Crippen molar-refractivity contribution in [3.8, 4) is 0 Å². The van der Waals surface area contributed by atoms with Gasteiger partial charge in [-0.05, 0) is 64.3 Å². The Kier molecular flexibility index (Phi) is 5.42. The maximum atomic E-state index is 12.8. The predicted molar refractivity (Wildman–Crippen MR) is 106 cm³/mol. The number of aryl methyl sites for hydroxylation is 2. The largest absolute Gasteiger partial charge is 0.347 e. The zero-order valence-corrected chi connectivity index (χ0v) is 16.7. The van der Waals surface area contributed by atoms with Crippen LogP contribution < -0.4 is 10.6 Å². The van der Waals surface area contributed by atoms with Crippen LogP contribution in [0.5, 0.6) is 0 Å². The minimum Gasteiger partial charge on any atom is -0.347 e. The van der Waals surface area contributed by atoms with E-state index in [4.69, 9.17) is 2.74 Å². The second-order valence-electron chi connectivity index (χ2n) is 7.04. The van der Waals surface area contributed by atoms with Gasteiger partial charge < -0.3 is 10.6 Å². The number of hydrogen-bond donors (Lipinski definition) is 2. The van der Waals surface area contributed by atoms with Crippen molar-refractivity contribution in [3.05, 3.63) is 58.6 Å². The molecule has 0 aliphatic rings. The van der Waals surface area contributed by atoms with Gasteiger partial charge in [0.25, 0.3) is 11.8 Å². The fourth-order valence-corrected chi connectivity index (χ4v) is 2.60. The SMILES string of the molecule is [2H]c1nc(C)c(C)c([2H])c1C(=O)NC(C)C(C)(CC)NC(=O)c1cnccc1C. The van der Waals surface area contributed by atoms with Crippen LogP contribution in [0.3, 0.4) is 0 Å². The lowest BCUT2D eigenvalue weighted by Crippen LogP contribution is -2.59. The van der Waals surface area contributed by atoms with Gasteiger partial charge in [0, 0.05) is 30.3 Å². The summed E-state index contributed by atoms with van der Waals surface area (Å²) in [7, 11) is 0. The number of carbonyl (C=O) groups excluding carboxylic acids is 2. The quantitative estimate of drug-likeness (QED) is 0.818. The van der Waals surface area contributed by atoms with Gasteiger partial charge in [0.2, 0.25) is 0 Å². The maximum absolute atomic E-state index is 12.8. The summed E-state index contributed by atoms with van der Waals surface area (Å²) in [6, 6.07) is 1.31. The summed E-state index contributed by atoms with van der Waals surface area (Å²) < 4.78 is 16.2. The monoisotopic (exact) mass is 370 g/mol. The van der Waals surface area contributed by atoms with Crippen LogP contribution in [0.1, 0.15) is 67.5 Å². The number of amides is 2. The molecule has 2 rings (SSSR count). The lowest BCUT2D eigenvalue weighted by atomic mass is 9.89. The summed E-state index contributed by atoms with van der Waals surface area (Å²) in [6.45, 7) is 10.8. The molecular weight excluding hydrogens is 340 g/mol. The predicted octanol–water partition coefficient (Wildman–Crippen LogP) is 3.12. The molecule has 0 spiro atoms. The van der Waals surface area contributed by atoms with Gasteiger partial charge >= 0.3 is 0 Å². The molecule has 2 aromatic rings. The average molecular weight is 370 g/mol. The van der Waals surface area contributed by atoms with E-state index in [9.17, 15) is 9.59 Å². The Morgan fingerprint density at radius 2 is 1.96 bits per heavy atom. The molecule has 2 amide bonds. The van der Waals surface area contributed by atoms with Gasteiger partial charge in [-0.1, -0.05) is 6.92 Å². The first kappa shape index (κ1) is 17.6. The van der Waals surface area contributed by atoms with Crippen LogP contribution in [0.2, 0.25) is 0 Å². The lowest BCUT2D eigenvalue weighted by Gasteiger charge is -2.36. The summed E-state index contributed by atoms with van der Waals surface area (Å²) in [6.07, 6.45) is 3.48.